The first-order chi connectivity index (χ1) is 13.1. The van der Waals surface area contributed by atoms with Crippen LogP contribution in [0.2, 0.25) is 0 Å². The van der Waals surface area contributed by atoms with Crippen molar-refractivity contribution >= 4 is 16.9 Å². The number of hydrogen-bond donors (Lipinski definition) is 2. The number of carboxylic acids is 1. The molecule has 0 bridgehead atoms. The zero-order valence-electron chi connectivity index (χ0n) is 14.0. The highest BCUT2D eigenvalue weighted by atomic mass is 16.4. The van der Waals surface area contributed by atoms with Gasteiger partial charge in [0, 0.05) is 0 Å². The van der Waals surface area contributed by atoms with E-state index in [1.54, 1.807) is 54.6 Å². The standard InChI is InChI=1S/C21H14N2O4/c24-18-8-4-2-6-16(18)19-22-17-7-3-1-5-15(17)20(25)23(19)14-11-9-13(10-12-14)21(26)27/h1-12,24H,(H,26,27). The van der Waals surface area contributed by atoms with Gasteiger partial charge in [-0.25, -0.2) is 9.78 Å². The van der Waals surface area contributed by atoms with Crippen LogP contribution in [0.15, 0.2) is 77.6 Å². The van der Waals surface area contributed by atoms with Crippen LogP contribution in [-0.4, -0.2) is 25.7 Å². The maximum atomic E-state index is 13.2. The summed E-state index contributed by atoms with van der Waals surface area (Å²) in [5, 5.41) is 19.8. The molecule has 27 heavy (non-hydrogen) atoms. The van der Waals surface area contributed by atoms with Crippen molar-refractivity contribution in [2.24, 2.45) is 0 Å². The minimum absolute atomic E-state index is 0.00409. The highest BCUT2D eigenvalue weighted by Crippen LogP contribution is 2.29. The molecule has 0 fully saturated rings. The van der Waals surface area contributed by atoms with E-state index < -0.39 is 5.97 Å². The summed E-state index contributed by atoms with van der Waals surface area (Å²) in [5.41, 5.74) is 1.19. The van der Waals surface area contributed by atoms with Gasteiger partial charge in [-0.15, -0.1) is 0 Å². The molecule has 0 saturated carbocycles. The van der Waals surface area contributed by atoms with Crippen molar-refractivity contribution in [2.45, 2.75) is 0 Å². The third-order valence-corrected chi connectivity index (χ3v) is 4.29. The lowest BCUT2D eigenvalue weighted by atomic mass is 10.1. The number of fused-ring (bicyclic) bond motifs is 1. The monoisotopic (exact) mass is 358 g/mol. The summed E-state index contributed by atoms with van der Waals surface area (Å²) < 4.78 is 1.38. The van der Waals surface area contributed by atoms with E-state index in [1.807, 2.05) is 0 Å². The van der Waals surface area contributed by atoms with E-state index in [9.17, 15) is 14.7 Å². The number of aromatic hydroxyl groups is 1. The van der Waals surface area contributed by atoms with E-state index in [4.69, 9.17) is 5.11 Å². The number of carbonyl (C=O) groups is 1. The summed E-state index contributed by atoms with van der Waals surface area (Å²) >= 11 is 0. The Bertz CT molecular complexity index is 1230. The van der Waals surface area contributed by atoms with Crippen molar-refractivity contribution in [3.63, 3.8) is 0 Å². The van der Waals surface area contributed by atoms with Gasteiger partial charge in [0.2, 0.25) is 0 Å². The highest BCUT2D eigenvalue weighted by molar-refractivity contribution is 5.88. The van der Waals surface area contributed by atoms with Crippen LogP contribution in [0, 0.1) is 0 Å². The Kier molecular flexibility index (Phi) is 3.93. The molecule has 3 aromatic carbocycles. The second-order valence-corrected chi connectivity index (χ2v) is 5.96. The average molecular weight is 358 g/mol. The van der Waals surface area contributed by atoms with Gasteiger partial charge in [-0.2, -0.15) is 0 Å². The van der Waals surface area contributed by atoms with Crippen LogP contribution in [0.25, 0.3) is 28.0 Å². The molecular formula is C21H14N2O4. The lowest BCUT2D eigenvalue weighted by Gasteiger charge is -2.15. The quantitative estimate of drug-likeness (QED) is 0.585. The first-order valence-electron chi connectivity index (χ1n) is 8.20. The number of hydrogen-bond acceptors (Lipinski definition) is 4. The number of phenols is 1. The Morgan fingerprint density at radius 3 is 2.26 bits per heavy atom. The van der Waals surface area contributed by atoms with Crippen LogP contribution >= 0.6 is 0 Å². The van der Waals surface area contributed by atoms with Gasteiger partial charge in [-0.3, -0.25) is 9.36 Å². The van der Waals surface area contributed by atoms with Gasteiger partial charge in [0.1, 0.15) is 5.75 Å². The van der Waals surface area contributed by atoms with Crippen LogP contribution in [0.3, 0.4) is 0 Å². The Hall–Kier alpha value is -3.93. The summed E-state index contributed by atoms with van der Waals surface area (Å²) in [5.74, 6) is -0.776. The lowest BCUT2D eigenvalue weighted by Crippen LogP contribution is -2.22. The molecule has 0 saturated heterocycles. The van der Waals surface area contributed by atoms with Gasteiger partial charge >= 0.3 is 5.97 Å². The van der Waals surface area contributed by atoms with Gasteiger partial charge in [0.25, 0.3) is 5.56 Å². The Morgan fingerprint density at radius 2 is 1.56 bits per heavy atom. The first-order valence-corrected chi connectivity index (χ1v) is 8.20. The fourth-order valence-corrected chi connectivity index (χ4v) is 2.97. The normalized spacial score (nSPS) is 10.8. The molecule has 6 nitrogen and oxygen atoms in total. The Morgan fingerprint density at radius 1 is 0.889 bits per heavy atom. The van der Waals surface area contributed by atoms with Gasteiger partial charge in [0.15, 0.2) is 5.82 Å². The van der Waals surface area contributed by atoms with E-state index in [-0.39, 0.29) is 22.7 Å². The van der Waals surface area contributed by atoms with E-state index >= 15 is 0 Å². The van der Waals surface area contributed by atoms with Crippen LogP contribution in [-0.2, 0) is 0 Å². The van der Waals surface area contributed by atoms with Gasteiger partial charge in [-0.1, -0.05) is 24.3 Å². The van der Waals surface area contributed by atoms with E-state index in [2.05, 4.69) is 4.98 Å². The summed E-state index contributed by atoms with van der Waals surface area (Å²) in [6, 6.07) is 19.5. The number of phenolic OH excluding ortho intramolecular Hbond substituents is 1. The summed E-state index contributed by atoms with van der Waals surface area (Å²) in [6.45, 7) is 0. The topological polar surface area (TPSA) is 92.4 Å². The number of rotatable bonds is 3. The minimum Gasteiger partial charge on any atom is -0.507 e. The molecule has 0 aliphatic heterocycles. The lowest BCUT2D eigenvalue weighted by molar-refractivity contribution is 0.0697. The summed E-state index contributed by atoms with van der Waals surface area (Å²) in [6.07, 6.45) is 0. The predicted octanol–water partition coefficient (Wildman–Crippen LogP) is 3.46. The van der Waals surface area contributed by atoms with Crippen molar-refractivity contribution in [3.05, 3.63) is 88.7 Å². The molecule has 1 aromatic heterocycles. The fourth-order valence-electron chi connectivity index (χ4n) is 2.97. The van der Waals surface area contributed by atoms with Crippen molar-refractivity contribution in [1.29, 1.82) is 0 Å². The first kappa shape index (κ1) is 16.5. The Labute approximate surface area is 153 Å². The third-order valence-electron chi connectivity index (χ3n) is 4.29. The number of benzene rings is 3. The van der Waals surface area contributed by atoms with Crippen molar-refractivity contribution < 1.29 is 15.0 Å². The SMILES string of the molecule is O=C(O)c1ccc(-n2c(-c3ccccc3O)nc3ccccc3c2=O)cc1. The number of nitrogens with zero attached hydrogens (tertiary/aromatic N) is 2. The molecule has 0 amide bonds. The Balaban J connectivity index is 2.07. The molecule has 0 radical (unpaired) electrons. The second kappa shape index (κ2) is 6.42. The molecular weight excluding hydrogens is 344 g/mol. The smallest absolute Gasteiger partial charge is 0.335 e. The van der Waals surface area contributed by atoms with Crippen LogP contribution in [0.4, 0.5) is 0 Å². The largest absolute Gasteiger partial charge is 0.507 e. The average Bonchev–Trinajstić information content (AvgIpc) is 2.68. The van der Waals surface area contributed by atoms with Crippen molar-refractivity contribution in [3.8, 4) is 22.8 Å². The minimum atomic E-state index is -1.05. The molecule has 0 atom stereocenters. The molecule has 6 heteroatoms. The van der Waals surface area contributed by atoms with Gasteiger partial charge in [-0.05, 0) is 48.5 Å². The number of aromatic nitrogens is 2. The molecule has 0 spiro atoms. The number of carboxylic acid groups (broad SMARTS) is 1. The van der Waals surface area contributed by atoms with Gasteiger partial charge in [0.05, 0.1) is 27.7 Å². The number of aromatic carboxylic acids is 1. The third kappa shape index (κ3) is 2.83. The predicted molar refractivity (Wildman–Crippen MR) is 101 cm³/mol. The molecule has 0 unspecified atom stereocenters. The maximum absolute atomic E-state index is 13.2. The molecule has 0 aliphatic carbocycles. The highest BCUT2D eigenvalue weighted by Gasteiger charge is 2.17. The molecule has 132 valence electrons. The van der Waals surface area contributed by atoms with Crippen LogP contribution < -0.4 is 5.56 Å². The second-order valence-electron chi connectivity index (χ2n) is 5.96. The molecule has 4 rings (SSSR count). The van der Waals surface area contributed by atoms with Crippen LogP contribution in [0.1, 0.15) is 10.4 Å². The van der Waals surface area contributed by atoms with Crippen molar-refractivity contribution in [1.82, 2.24) is 9.55 Å². The summed E-state index contributed by atoms with van der Waals surface area (Å²) in [7, 11) is 0. The van der Waals surface area contributed by atoms with Crippen molar-refractivity contribution in [2.75, 3.05) is 0 Å². The van der Waals surface area contributed by atoms with Crippen LogP contribution in [0.5, 0.6) is 5.75 Å². The van der Waals surface area contributed by atoms with E-state index in [0.29, 0.717) is 22.2 Å². The van der Waals surface area contributed by atoms with E-state index in [0.717, 1.165) is 0 Å². The number of para-hydroxylation sites is 2. The maximum Gasteiger partial charge on any atom is 0.335 e. The zero-order chi connectivity index (χ0) is 19.0. The molecule has 4 aromatic rings. The summed E-state index contributed by atoms with van der Waals surface area (Å²) in [4.78, 5) is 28.9. The van der Waals surface area contributed by atoms with E-state index in [1.165, 1.54) is 22.8 Å². The molecule has 0 aliphatic rings. The molecule has 2 N–H and O–H groups in total. The molecule has 1 heterocycles. The fraction of sp³-hybridized carbons (Fsp3) is 0. The van der Waals surface area contributed by atoms with Gasteiger partial charge < -0.3 is 10.2 Å². The zero-order valence-corrected chi connectivity index (χ0v) is 14.0.